The fourth-order valence-corrected chi connectivity index (χ4v) is 2.83. The van der Waals surface area contributed by atoms with Crippen LogP contribution in [0.25, 0.3) is 0 Å². The average Bonchev–Trinajstić information content (AvgIpc) is 2.38. The van der Waals surface area contributed by atoms with Crippen molar-refractivity contribution in [2.45, 2.75) is 52.4 Å². The van der Waals surface area contributed by atoms with Gasteiger partial charge in [-0.05, 0) is 42.5 Å². The van der Waals surface area contributed by atoms with Crippen LogP contribution >= 0.6 is 15.9 Å². The molecule has 0 amide bonds. The van der Waals surface area contributed by atoms with Gasteiger partial charge in [-0.15, -0.1) is 6.42 Å². The van der Waals surface area contributed by atoms with Gasteiger partial charge < -0.3 is 0 Å². The summed E-state index contributed by atoms with van der Waals surface area (Å²) in [6, 6.07) is 6.32. The summed E-state index contributed by atoms with van der Waals surface area (Å²) < 4.78 is 1.09. The molecule has 0 N–H and O–H groups in total. The molecular weight excluding hydrogens is 284 g/mol. The van der Waals surface area contributed by atoms with Crippen molar-refractivity contribution in [3.63, 3.8) is 0 Å². The van der Waals surface area contributed by atoms with E-state index in [1.165, 1.54) is 37.7 Å². The molecule has 18 heavy (non-hydrogen) atoms. The van der Waals surface area contributed by atoms with E-state index in [-0.39, 0.29) is 0 Å². The zero-order valence-corrected chi connectivity index (χ0v) is 13.1. The molecule has 0 fully saturated rings. The maximum atomic E-state index is 5.46. The second kappa shape index (κ2) is 8.38. The first kappa shape index (κ1) is 15.3. The molecule has 1 atom stereocenters. The zero-order chi connectivity index (χ0) is 13.4. The van der Waals surface area contributed by atoms with E-state index >= 15 is 0 Å². The number of hydrogen-bond donors (Lipinski definition) is 0. The molecule has 0 radical (unpaired) electrons. The van der Waals surface area contributed by atoms with E-state index in [0.717, 1.165) is 22.4 Å². The van der Waals surface area contributed by atoms with Crippen molar-refractivity contribution in [3.05, 3.63) is 33.8 Å². The van der Waals surface area contributed by atoms with E-state index < -0.39 is 0 Å². The lowest BCUT2D eigenvalue weighted by atomic mass is 9.92. The summed E-state index contributed by atoms with van der Waals surface area (Å²) in [5, 5.41) is 0. The highest BCUT2D eigenvalue weighted by molar-refractivity contribution is 9.10. The van der Waals surface area contributed by atoms with E-state index in [9.17, 15) is 0 Å². The van der Waals surface area contributed by atoms with Crippen LogP contribution in [0.4, 0.5) is 0 Å². The maximum absolute atomic E-state index is 5.46. The Balaban J connectivity index is 2.56. The Morgan fingerprint density at radius 2 is 2.00 bits per heavy atom. The van der Waals surface area contributed by atoms with Crippen LogP contribution in [0, 0.1) is 18.3 Å². The molecular formula is C17H23Br. The van der Waals surface area contributed by atoms with Crippen molar-refractivity contribution >= 4 is 15.9 Å². The summed E-state index contributed by atoms with van der Waals surface area (Å²) in [4.78, 5) is 0. The van der Waals surface area contributed by atoms with Gasteiger partial charge in [-0.2, -0.15) is 0 Å². The number of aryl methyl sites for hydroxylation is 1. The molecule has 98 valence electrons. The van der Waals surface area contributed by atoms with Gasteiger partial charge in [-0.1, -0.05) is 61.4 Å². The molecule has 1 unspecified atom stereocenters. The molecule has 0 aromatic heterocycles. The smallest absolute Gasteiger partial charge is 0.0256 e. The van der Waals surface area contributed by atoms with E-state index in [4.69, 9.17) is 6.42 Å². The Labute approximate surface area is 120 Å². The highest BCUT2D eigenvalue weighted by Gasteiger charge is 2.07. The minimum atomic E-state index is 0.859. The van der Waals surface area contributed by atoms with Crippen molar-refractivity contribution in [1.29, 1.82) is 0 Å². The Bertz CT molecular complexity index is 401. The molecule has 1 heteroatoms. The van der Waals surface area contributed by atoms with Crippen molar-refractivity contribution < 1.29 is 0 Å². The largest absolute Gasteiger partial charge is 0.115 e. The zero-order valence-electron chi connectivity index (χ0n) is 11.5. The lowest BCUT2D eigenvalue weighted by Gasteiger charge is -2.14. The van der Waals surface area contributed by atoms with Crippen LogP contribution in [0.1, 0.15) is 57.1 Å². The van der Waals surface area contributed by atoms with Gasteiger partial charge in [-0.25, -0.2) is 0 Å². The van der Waals surface area contributed by atoms with Crippen molar-refractivity contribution in [2.24, 2.45) is 5.92 Å². The SMILES string of the molecule is C#Cc1cc(Br)cc(CCC(CC)CCCC)c1. The lowest BCUT2D eigenvalue weighted by Crippen LogP contribution is -2.01. The third kappa shape index (κ3) is 5.27. The third-order valence-corrected chi connectivity index (χ3v) is 3.97. The Kier molecular flexibility index (Phi) is 7.13. The molecule has 0 aliphatic carbocycles. The quantitative estimate of drug-likeness (QED) is 0.577. The summed E-state index contributed by atoms with van der Waals surface area (Å²) in [6.07, 6.45) is 13.2. The van der Waals surface area contributed by atoms with Crippen molar-refractivity contribution in [2.75, 3.05) is 0 Å². The van der Waals surface area contributed by atoms with E-state index in [2.05, 4.69) is 47.8 Å². The van der Waals surface area contributed by atoms with Gasteiger partial charge in [0.05, 0.1) is 0 Å². The molecule has 0 spiro atoms. The number of rotatable bonds is 7. The van der Waals surface area contributed by atoms with Crippen LogP contribution in [0.15, 0.2) is 22.7 Å². The monoisotopic (exact) mass is 306 g/mol. The second-order valence-corrected chi connectivity index (χ2v) is 5.86. The van der Waals surface area contributed by atoms with Crippen LogP contribution in [-0.2, 0) is 6.42 Å². The van der Waals surface area contributed by atoms with Gasteiger partial charge in [0.1, 0.15) is 0 Å². The molecule has 0 saturated carbocycles. The first-order valence-electron chi connectivity index (χ1n) is 6.95. The van der Waals surface area contributed by atoms with Crippen molar-refractivity contribution in [3.8, 4) is 12.3 Å². The first-order valence-corrected chi connectivity index (χ1v) is 7.75. The molecule has 0 aliphatic heterocycles. The fraction of sp³-hybridized carbons (Fsp3) is 0.529. The standard InChI is InChI=1S/C17H23Br/c1-4-7-8-14(5-2)9-10-16-11-15(6-3)12-17(18)13-16/h3,11-14H,4-5,7-10H2,1-2H3. The lowest BCUT2D eigenvalue weighted by molar-refractivity contribution is 0.422. The number of unbranched alkanes of at least 4 members (excludes halogenated alkanes) is 1. The molecule has 0 nitrogen and oxygen atoms in total. The molecule has 1 aromatic carbocycles. The Hall–Kier alpha value is -0.740. The predicted molar refractivity (Wildman–Crippen MR) is 83.7 cm³/mol. The topological polar surface area (TPSA) is 0 Å². The number of halogens is 1. The molecule has 0 bridgehead atoms. The fourth-order valence-electron chi connectivity index (χ4n) is 2.29. The highest BCUT2D eigenvalue weighted by Crippen LogP contribution is 2.22. The minimum absolute atomic E-state index is 0.859. The van der Waals surface area contributed by atoms with E-state index in [0.29, 0.717) is 0 Å². The summed E-state index contributed by atoms with van der Waals surface area (Å²) in [6.45, 7) is 4.56. The Morgan fingerprint density at radius 1 is 1.22 bits per heavy atom. The minimum Gasteiger partial charge on any atom is -0.115 e. The van der Waals surface area contributed by atoms with Gasteiger partial charge in [0.2, 0.25) is 0 Å². The normalized spacial score (nSPS) is 12.1. The Morgan fingerprint density at radius 3 is 2.61 bits per heavy atom. The average molecular weight is 307 g/mol. The van der Waals surface area contributed by atoms with Gasteiger partial charge >= 0.3 is 0 Å². The van der Waals surface area contributed by atoms with Gasteiger partial charge in [0, 0.05) is 10.0 Å². The van der Waals surface area contributed by atoms with E-state index in [1.54, 1.807) is 0 Å². The predicted octanol–water partition coefficient (Wildman–Crippen LogP) is 5.58. The van der Waals surface area contributed by atoms with Crippen LogP contribution in [0.2, 0.25) is 0 Å². The molecule has 0 aliphatic rings. The van der Waals surface area contributed by atoms with Crippen LogP contribution in [-0.4, -0.2) is 0 Å². The molecule has 0 saturated heterocycles. The van der Waals surface area contributed by atoms with Gasteiger partial charge in [0.15, 0.2) is 0 Å². The van der Waals surface area contributed by atoms with Crippen LogP contribution in [0.5, 0.6) is 0 Å². The van der Waals surface area contributed by atoms with Crippen LogP contribution in [0.3, 0.4) is 0 Å². The molecule has 1 aromatic rings. The van der Waals surface area contributed by atoms with Gasteiger partial charge in [-0.3, -0.25) is 0 Å². The maximum Gasteiger partial charge on any atom is 0.0256 e. The number of terminal acetylenes is 1. The number of hydrogen-bond acceptors (Lipinski definition) is 0. The third-order valence-electron chi connectivity index (χ3n) is 3.51. The summed E-state index contributed by atoms with van der Waals surface area (Å²) in [5.41, 5.74) is 2.33. The highest BCUT2D eigenvalue weighted by atomic mass is 79.9. The summed E-state index contributed by atoms with van der Waals surface area (Å²) in [7, 11) is 0. The number of benzene rings is 1. The molecule has 1 rings (SSSR count). The first-order chi connectivity index (χ1) is 8.69. The van der Waals surface area contributed by atoms with Crippen molar-refractivity contribution in [1.82, 2.24) is 0 Å². The van der Waals surface area contributed by atoms with Gasteiger partial charge in [0.25, 0.3) is 0 Å². The summed E-state index contributed by atoms with van der Waals surface area (Å²) in [5.74, 6) is 3.57. The summed E-state index contributed by atoms with van der Waals surface area (Å²) >= 11 is 3.52. The van der Waals surface area contributed by atoms with Crippen LogP contribution < -0.4 is 0 Å². The van der Waals surface area contributed by atoms with E-state index in [1.807, 2.05) is 6.07 Å². The second-order valence-electron chi connectivity index (χ2n) is 4.95. The molecule has 0 heterocycles.